The lowest BCUT2D eigenvalue weighted by atomic mass is 10.2. The first-order chi connectivity index (χ1) is 6.45. The summed E-state index contributed by atoms with van der Waals surface area (Å²) in [4.78, 5) is 3.10. The van der Waals surface area contributed by atoms with E-state index < -0.39 is 0 Å². The maximum atomic E-state index is 4.40. The van der Waals surface area contributed by atoms with Gasteiger partial charge in [0.25, 0.3) is 0 Å². The summed E-state index contributed by atoms with van der Waals surface area (Å²) < 4.78 is 0. The van der Waals surface area contributed by atoms with Crippen molar-refractivity contribution >= 4 is 6.21 Å². The van der Waals surface area contributed by atoms with Gasteiger partial charge in [0.05, 0.1) is 11.9 Å². The van der Waals surface area contributed by atoms with Crippen molar-refractivity contribution in [3.63, 3.8) is 0 Å². The van der Waals surface area contributed by atoms with Crippen LogP contribution in [0.15, 0.2) is 23.4 Å². The van der Waals surface area contributed by atoms with Gasteiger partial charge < -0.3 is 4.98 Å². The predicted molar refractivity (Wildman–Crippen MR) is 53.8 cm³/mol. The second kappa shape index (κ2) is 4.12. The van der Waals surface area contributed by atoms with E-state index in [2.05, 4.69) is 15.1 Å². The van der Waals surface area contributed by atoms with E-state index in [9.17, 15) is 0 Å². The lowest BCUT2D eigenvalue weighted by molar-refractivity contribution is 0.240. The van der Waals surface area contributed by atoms with E-state index >= 15 is 0 Å². The maximum absolute atomic E-state index is 4.40. The molecule has 2 rings (SSSR count). The Morgan fingerprint density at radius 1 is 1.31 bits per heavy atom. The largest absolute Gasteiger partial charge is 0.360 e. The molecule has 0 unspecified atom stereocenters. The minimum absolute atomic E-state index is 1.07. The van der Waals surface area contributed by atoms with Crippen molar-refractivity contribution in [2.75, 3.05) is 13.1 Å². The van der Waals surface area contributed by atoms with Crippen LogP contribution >= 0.6 is 0 Å². The van der Waals surface area contributed by atoms with Gasteiger partial charge in [-0.2, -0.15) is 5.10 Å². The molecule has 1 saturated heterocycles. The summed E-state index contributed by atoms with van der Waals surface area (Å²) in [7, 11) is 0. The molecular formula is C10H15N3. The third-order valence-electron chi connectivity index (χ3n) is 2.31. The van der Waals surface area contributed by atoms with Crippen molar-refractivity contribution < 1.29 is 0 Å². The topological polar surface area (TPSA) is 31.4 Å². The lowest BCUT2D eigenvalue weighted by Gasteiger charge is -2.23. The van der Waals surface area contributed by atoms with E-state index in [4.69, 9.17) is 0 Å². The number of rotatable bonds is 2. The highest BCUT2D eigenvalue weighted by molar-refractivity contribution is 5.76. The van der Waals surface area contributed by atoms with Gasteiger partial charge in [0.2, 0.25) is 0 Å². The molecule has 70 valence electrons. The summed E-state index contributed by atoms with van der Waals surface area (Å²) >= 11 is 0. The second-order valence-corrected chi connectivity index (χ2v) is 3.38. The third-order valence-corrected chi connectivity index (χ3v) is 2.31. The quantitative estimate of drug-likeness (QED) is 0.687. The zero-order chi connectivity index (χ0) is 8.93. The number of nitrogens with one attached hydrogen (secondary N) is 1. The van der Waals surface area contributed by atoms with Gasteiger partial charge in [-0.05, 0) is 31.4 Å². The van der Waals surface area contributed by atoms with Gasteiger partial charge in [-0.15, -0.1) is 0 Å². The van der Waals surface area contributed by atoms with Gasteiger partial charge in [0.15, 0.2) is 0 Å². The van der Waals surface area contributed by atoms with E-state index in [1.54, 1.807) is 0 Å². The van der Waals surface area contributed by atoms with Crippen molar-refractivity contribution in [1.29, 1.82) is 0 Å². The summed E-state index contributed by atoms with van der Waals surface area (Å²) in [5, 5.41) is 6.55. The Balaban J connectivity index is 1.89. The van der Waals surface area contributed by atoms with Crippen molar-refractivity contribution in [1.82, 2.24) is 9.99 Å². The summed E-state index contributed by atoms with van der Waals surface area (Å²) in [6.45, 7) is 2.22. The predicted octanol–water partition coefficient (Wildman–Crippen LogP) is 1.83. The first kappa shape index (κ1) is 8.35. The molecule has 13 heavy (non-hydrogen) atoms. The highest BCUT2D eigenvalue weighted by atomic mass is 15.4. The van der Waals surface area contributed by atoms with Crippen molar-refractivity contribution in [2.24, 2.45) is 5.10 Å². The molecule has 1 N–H and O–H groups in total. The van der Waals surface area contributed by atoms with E-state index in [0.717, 1.165) is 18.8 Å². The Bertz CT molecular complexity index is 258. The Labute approximate surface area is 78.4 Å². The van der Waals surface area contributed by atoms with Crippen LogP contribution in [0, 0.1) is 0 Å². The highest BCUT2D eigenvalue weighted by Crippen LogP contribution is 2.08. The molecule has 0 atom stereocenters. The van der Waals surface area contributed by atoms with Crippen molar-refractivity contribution in [2.45, 2.75) is 19.3 Å². The number of aromatic nitrogens is 1. The van der Waals surface area contributed by atoms with Crippen LogP contribution in [-0.4, -0.2) is 29.3 Å². The minimum atomic E-state index is 1.07. The molecule has 1 aromatic rings. The summed E-state index contributed by atoms with van der Waals surface area (Å²) in [6, 6.07) is 4.00. The average Bonchev–Trinajstić information content (AvgIpc) is 2.69. The van der Waals surface area contributed by atoms with Gasteiger partial charge in [-0.1, -0.05) is 0 Å². The number of aromatic amines is 1. The lowest BCUT2D eigenvalue weighted by Crippen LogP contribution is -2.24. The van der Waals surface area contributed by atoms with Crippen LogP contribution in [0.4, 0.5) is 0 Å². The molecule has 0 saturated carbocycles. The molecule has 1 aliphatic heterocycles. The molecule has 3 heteroatoms. The van der Waals surface area contributed by atoms with Crippen LogP contribution in [0.3, 0.4) is 0 Å². The van der Waals surface area contributed by atoms with Crippen molar-refractivity contribution in [3.8, 4) is 0 Å². The van der Waals surface area contributed by atoms with Crippen LogP contribution in [0.25, 0.3) is 0 Å². The maximum Gasteiger partial charge on any atom is 0.0705 e. The molecular weight excluding hydrogens is 162 g/mol. The van der Waals surface area contributed by atoms with Crippen LogP contribution in [0.5, 0.6) is 0 Å². The van der Waals surface area contributed by atoms with Crippen LogP contribution in [0.2, 0.25) is 0 Å². The standard InChI is InChI=1S/C10H15N3/c1-2-7-13(8-3-1)12-9-10-5-4-6-11-10/h4-6,9,11H,1-3,7-8H2/b12-9+. The number of hydrazone groups is 1. The summed E-state index contributed by atoms with van der Waals surface area (Å²) in [5.74, 6) is 0. The molecule has 0 bridgehead atoms. The van der Waals surface area contributed by atoms with Crippen molar-refractivity contribution in [3.05, 3.63) is 24.0 Å². The zero-order valence-corrected chi connectivity index (χ0v) is 7.74. The van der Waals surface area contributed by atoms with E-state index in [-0.39, 0.29) is 0 Å². The SMILES string of the molecule is C(=N\N1CCCCC1)/c1ccc[nH]1. The van der Waals surface area contributed by atoms with Crippen LogP contribution in [-0.2, 0) is 0 Å². The molecule has 0 spiro atoms. The number of H-pyrrole nitrogens is 1. The van der Waals surface area contributed by atoms with Gasteiger partial charge >= 0.3 is 0 Å². The monoisotopic (exact) mass is 177 g/mol. The average molecular weight is 177 g/mol. The Morgan fingerprint density at radius 3 is 2.85 bits per heavy atom. The van der Waals surface area contributed by atoms with Crippen LogP contribution in [0.1, 0.15) is 25.0 Å². The fourth-order valence-corrected chi connectivity index (χ4v) is 1.56. The Kier molecular flexibility index (Phi) is 2.65. The van der Waals surface area contributed by atoms with E-state index in [0.29, 0.717) is 0 Å². The molecule has 0 aliphatic carbocycles. The number of hydrogen-bond donors (Lipinski definition) is 1. The molecule has 0 radical (unpaired) electrons. The molecule has 1 aromatic heterocycles. The highest BCUT2D eigenvalue weighted by Gasteiger charge is 2.05. The molecule has 1 aliphatic rings. The molecule has 1 fully saturated rings. The molecule has 2 heterocycles. The normalized spacial score (nSPS) is 18.3. The number of nitrogens with zero attached hydrogens (tertiary/aromatic N) is 2. The van der Waals surface area contributed by atoms with E-state index in [1.807, 2.05) is 24.5 Å². The van der Waals surface area contributed by atoms with Gasteiger partial charge in [-0.3, -0.25) is 5.01 Å². The zero-order valence-electron chi connectivity index (χ0n) is 7.74. The fourth-order valence-electron chi connectivity index (χ4n) is 1.56. The fraction of sp³-hybridized carbons (Fsp3) is 0.500. The van der Waals surface area contributed by atoms with E-state index in [1.165, 1.54) is 19.3 Å². The van der Waals surface area contributed by atoms with Gasteiger partial charge in [-0.25, -0.2) is 0 Å². The smallest absolute Gasteiger partial charge is 0.0705 e. The van der Waals surface area contributed by atoms with Gasteiger partial charge in [0, 0.05) is 19.3 Å². The number of piperidine rings is 1. The molecule has 3 nitrogen and oxygen atoms in total. The summed E-state index contributed by atoms with van der Waals surface area (Å²) in [5.41, 5.74) is 1.07. The number of hydrogen-bond acceptors (Lipinski definition) is 2. The minimum Gasteiger partial charge on any atom is -0.360 e. The molecule has 0 aromatic carbocycles. The van der Waals surface area contributed by atoms with Crippen LogP contribution < -0.4 is 0 Å². The Hall–Kier alpha value is -1.25. The summed E-state index contributed by atoms with van der Waals surface area (Å²) in [6.07, 6.45) is 7.72. The third kappa shape index (κ3) is 2.34. The molecule has 0 amide bonds. The second-order valence-electron chi connectivity index (χ2n) is 3.38. The first-order valence-electron chi connectivity index (χ1n) is 4.87. The Morgan fingerprint density at radius 2 is 2.15 bits per heavy atom. The van der Waals surface area contributed by atoms with Gasteiger partial charge in [0.1, 0.15) is 0 Å². The first-order valence-corrected chi connectivity index (χ1v) is 4.87.